The van der Waals surface area contributed by atoms with E-state index in [9.17, 15) is 0 Å². The van der Waals surface area contributed by atoms with Crippen molar-refractivity contribution < 1.29 is 4.74 Å². The number of rotatable bonds is 5. The zero-order chi connectivity index (χ0) is 12.1. The molecule has 0 radical (unpaired) electrons. The van der Waals surface area contributed by atoms with E-state index in [1.807, 2.05) is 26.1 Å². The van der Waals surface area contributed by atoms with Gasteiger partial charge in [-0.05, 0) is 43.7 Å². The zero-order valence-electron chi connectivity index (χ0n) is 9.96. The lowest BCUT2D eigenvalue weighted by Gasteiger charge is -2.15. The molecule has 16 heavy (non-hydrogen) atoms. The second kappa shape index (κ2) is 6.38. The monoisotopic (exact) mass is 259 g/mol. The van der Waals surface area contributed by atoms with Gasteiger partial charge in [0.1, 0.15) is 5.75 Å². The second-order valence-electron chi connectivity index (χ2n) is 3.88. The molecule has 0 heterocycles. The van der Waals surface area contributed by atoms with Crippen molar-refractivity contribution in [3.05, 3.63) is 28.3 Å². The van der Waals surface area contributed by atoms with Crippen molar-refractivity contribution in [1.82, 2.24) is 4.90 Å². The number of nitrogens with zero attached hydrogens (tertiary/aromatic N) is 1. The Bertz CT molecular complexity index is 357. The zero-order valence-corrected chi connectivity index (χ0v) is 11.6. The van der Waals surface area contributed by atoms with Gasteiger partial charge in [-0.15, -0.1) is 0 Å². The summed E-state index contributed by atoms with van der Waals surface area (Å²) in [5.74, 6) is 1.66. The molecule has 1 aromatic rings. The Balaban J connectivity index is 2.81. The highest BCUT2D eigenvalue weighted by Crippen LogP contribution is 2.26. The molecule has 0 saturated heterocycles. The first kappa shape index (κ1) is 13.7. The number of thiol groups is 1. The number of ether oxygens (including phenoxy) is 1. The number of hydrogen-bond acceptors (Lipinski definition) is 3. The molecule has 0 fully saturated rings. The standard InChI is InChI=1S/C12H18ClNOS/c1-9-6-12(15-3)10(7-11(9)13)4-5-14(2)8-16/h6-7,16H,4-5,8H2,1-3H3. The van der Waals surface area contributed by atoms with Crippen LogP contribution < -0.4 is 4.74 Å². The van der Waals surface area contributed by atoms with Crippen LogP contribution in [0.2, 0.25) is 5.02 Å². The van der Waals surface area contributed by atoms with E-state index in [4.69, 9.17) is 16.3 Å². The summed E-state index contributed by atoms with van der Waals surface area (Å²) in [5.41, 5.74) is 2.19. The van der Waals surface area contributed by atoms with E-state index in [0.29, 0.717) is 0 Å². The van der Waals surface area contributed by atoms with Crippen molar-refractivity contribution in [1.29, 1.82) is 0 Å². The van der Waals surface area contributed by atoms with E-state index in [0.717, 1.165) is 40.7 Å². The fourth-order valence-corrected chi connectivity index (χ4v) is 1.79. The van der Waals surface area contributed by atoms with Gasteiger partial charge in [0.05, 0.1) is 7.11 Å². The largest absolute Gasteiger partial charge is 0.496 e. The van der Waals surface area contributed by atoms with E-state index in [1.165, 1.54) is 0 Å². The molecule has 0 saturated carbocycles. The Kier molecular flexibility index (Phi) is 5.46. The molecule has 2 nitrogen and oxygen atoms in total. The number of benzene rings is 1. The van der Waals surface area contributed by atoms with Gasteiger partial charge < -0.3 is 4.74 Å². The van der Waals surface area contributed by atoms with Gasteiger partial charge in [0.15, 0.2) is 0 Å². The van der Waals surface area contributed by atoms with Gasteiger partial charge in [-0.25, -0.2) is 0 Å². The predicted molar refractivity (Wildman–Crippen MR) is 72.9 cm³/mol. The Hall–Kier alpha value is -0.380. The van der Waals surface area contributed by atoms with E-state index < -0.39 is 0 Å². The first-order chi connectivity index (χ1) is 7.58. The molecule has 0 aliphatic carbocycles. The highest BCUT2D eigenvalue weighted by atomic mass is 35.5. The number of halogens is 1. The Labute approximate surface area is 108 Å². The van der Waals surface area contributed by atoms with Crippen LogP contribution in [0.25, 0.3) is 0 Å². The average molecular weight is 260 g/mol. The fourth-order valence-electron chi connectivity index (χ4n) is 1.46. The van der Waals surface area contributed by atoms with Gasteiger partial charge in [-0.1, -0.05) is 11.6 Å². The third kappa shape index (κ3) is 3.58. The lowest BCUT2D eigenvalue weighted by molar-refractivity contribution is 0.384. The van der Waals surface area contributed by atoms with Crippen LogP contribution in [0.5, 0.6) is 5.75 Å². The summed E-state index contributed by atoms with van der Waals surface area (Å²) in [6.07, 6.45) is 0.917. The molecule has 90 valence electrons. The summed E-state index contributed by atoms with van der Waals surface area (Å²) >= 11 is 10.3. The van der Waals surface area contributed by atoms with Crippen LogP contribution in [-0.2, 0) is 6.42 Å². The summed E-state index contributed by atoms with van der Waals surface area (Å²) < 4.78 is 5.35. The number of methoxy groups -OCH3 is 1. The van der Waals surface area contributed by atoms with E-state index in [-0.39, 0.29) is 0 Å². The molecule has 0 bridgehead atoms. The SMILES string of the molecule is COc1cc(C)c(Cl)cc1CCN(C)CS. The van der Waals surface area contributed by atoms with Crippen LogP contribution in [-0.4, -0.2) is 31.5 Å². The second-order valence-corrected chi connectivity index (χ2v) is 4.57. The lowest BCUT2D eigenvalue weighted by atomic mass is 10.1. The molecule has 1 rings (SSSR count). The molecular weight excluding hydrogens is 242 g/mol. The minimum absolute atomic E-state index is 0.752. The topological polar surface area (TPSA) is 12.5 Å². The molecule has 0 spiro atoms. The minimum Gasteiger partial charge on any atom is -0.496 e. The number of hydrogen-bond donors (Lipinski definition) is 1. The van der Waals surface area contributed by atoms with Gasteiger partial charge >= 0.3 is 0 Å². The fraction of sp³-hybridized carbons (Fsp3) is 0.500. The quantitative estimate of drug-likeness (QED) is 0.645. The van der Waals surface area contributed by atoms with E-state index in [2.05, 4.69) is 17.5 Å². The van der Waals surface area contributed by atoms with Gasteiger partial charge in [-0.2, -0.15) is 12.6 Å². The van der Waals surface area contributed by atoms with Crippen LogP contribution in [0.15, 0.2) is 12.1 Å². The van der Waals surface area contributed by atoms with Crippen molar-refractivity contribution in [2.24, 2.45) is 0 Å². The Morgan fingerprint density at radius 3 is 2.69 bits per heavy atom. The highest BCUT2D eigenvalue weighted by Gasteiger charge is 2.07. The van der Waals surface area contributed by atoms with Crippen molar-refractivity contribution in [3.8, 4) is 5.75 Å². The Morgan fingerprint density at radius 2 is 2.12 bits per heavy atom. The molecule has 0 aliphatic rings. The van der Waals surface area contributed by atoms with Crippen LogP contribution in [0.1, 0.15) is 11.1 Å². The summed E-state index contributed by atoms with van der Waals surface area (Å²) in [6.45, 7) is 2.92. The smallest absolute Gasteiger partial charge is 0.122 e. The molecule has 1 aromatic carbocycles. The van der Waals surface area contributed by atoms with Crippen molar-refractivity contribution in [2.75, 3.05) is 26.6 Å². The highest BCUT2D eigenvalue weighted by molar-refractivity contribution is 7.80. The maximum atomic E-state index is 6.11. The minimum atomic E-state index is 0.752. The first-order valence-corrected chi connectivity index (χ1v) is 6.22. The molecule has 0 aliphatic heterocycles. The van der Waals surface area contributed by atoms with E-state index >= 15 is 0 Å². The average Bonchev–Trinajstić information content (AvgIpc) is 2.29. The summed E-state index contributed by atoms with van der Waals surface area (Å²) in [6, 6.07) is 3.97. The van der Waals surface area contributed by atoms with Gasteiger partial charge in [0.2, 0.25) is 0 Å². The van der Waals surface area contributed by atoms with Crippen molar-refractivity contribution in [3.63, 3.8) is 0 Å². The number of aryl methyl sites for hydroxylation is 1. The first-order valence-electron chi connectivity index (χ1n) is 5.21. The van der Waals surface area contributed by atoms with Crippen LogP contribution in [0.4, 0.5) is 0 Å². The van der Waals surface area contributed by atoms with Gasteiger partial charge in [0, 0.05) is 17.4 Å². The van der Waals surface area contributed by atoms with Crippen LogP contribution >= 0.6 is 24.2 Å². The van der Waals surface area contributed by atoms with Crippen LogP contribution in [0.3, 0.4) is 0 Å². The Morgan fingerprint density at radius 1 is 1.44 bits per heavy atom. The molecule has 4 heteroatoms. The molecule has 0 aromatic heterocycles. The third-order valence-corrected chi connectivity index (χ3v) is 3.46. The maximum absolute atomic E-state index is 6.11. The van der Waals surface area contributed by atoms with Gasteiger partial charge in [0.25, 0.3) is 0 Å². The lowest BCUT2D eigenvalue weighted by Crippen LogP contribution is -2.19. The van der Waals surface area contributed by atoms with Crippen molar-refractivity contribution in [2.45, 2.75) is 13.3 Å². The summed E-state index contributed by atoms with van der Waals surface area (Å²) in [4.78, 5) is 2.14. The summed E-state index contributed by atoms with van der Waals surface area (Å²) in [5, 5.41) is 0.796. The molecular formula is C12H18ClNOS. The summed E-state index contributed by atoms with van der Waals surface area (Å²) in [7, 11) is 3.73. The molecule has 0 N–H and O–H groups in total. The van der Waals surface area contributed by atoms with Crippen LogP contribution in [0, 0.1) is 6.92 Å². The van der Waals surface area contributed by atoms with Gasteiger partial charge in [-0.3, -0.25) is 4.90 Å². The normalized spacial score (nSPS) is 10.9. The van der Waals surface area contributed by atoms with E-state index in [1.54, 1.807) is 7.11 Å². The maximum Gasteiger partial charge on any atom is 0.122 e. The molecule has 0 atom stereocenters. The molecule has 0 amide bonds. The predicted octanol–water partition coefficient (Wildman–Crippen LogP) is 3.02. The number of likely N-dealkylation sites (N-methyl/N-ethyl adjacent to an activating group) is 1. The van der Waals surface area contributed by atoms with Crippen molar-refractivity contribution >= 4 is 24.2 Å². The third-order valence-electron chi connectivity index (χ3n) is 2.57. The molecule has 0 unspecified atom stereocenters.